The van der Waals surface area contributed by atoms with E-state index in [0.717, 1.165) is 15.5 Å². The first-order chi connectivity index (χ1) is 9.06. The molecule has 0 aromatic heterocycles. The van der Waals surface area contributed by atoms with Gasteiger partial charge >= 0.3 is 0 Å². The lowest BCUT2D eigenvalue weighted by atomic mass is 10.1. The van der Waals surface area contributed by atoms with Crippen molar-refractivity contribution in [2.45, 2.75) is 26.4 Å². The zero-order valence-corrected chi connectivity index (χ0v) is 14.3. The lowest BCUT2D eigenvalue weighted by Gasteiger charge is -2.15. The van der Waals surface area contributed by atoms with Crippen LogP contribution in [-0.2, 0) is 6.54 Å². The number of hydrogen-bond acceptors (Lipinski definition) is 1. The van der Waals surface area contributed by atoms with E-state index >= 15 is 0 Å². The number of nitrogens with one attached hydrogen (secondary N) is 1. The van der Waals surface area contributed by atoms with Crippen molar-refractivity contribution in [3.05, 3.63) is 68.1 Å². The second-order valence-corrected chi connectivity index (χ2v) is 6.51. The Morgan fingerprint density at radius 3 is 2.37 bits per heavy atom. The lowest BCUT2D eigenvalue weighted by molar-refractivity contribution is 0.574. The molecule has 0 saturated carbocycles. The second-order valence-electron chi connectivity index (χ2n) is 4.74. The van der Waals surface area contributed by atoms with Crippen LogP contribution in [0.1, 0.15) is 29.7 Å². The minimum Gasteiger partial charge on any atom is -0.306 e. The maximum Gasteiger partial charge on any atom is 0.0294 e. The van der Waals surface area contributed by atoms with Gasteiger partial charge in [-0.1, -0.05) is 56.1 Å². The monoisotopic (exact) mass is 381 g/mol. The molecule has 100 valence electrons. The molecular formula is C16H17Br2N. The SMILES string of the molecule is Cc1cc(CN[C@H](C)c2ccc(Br)cc2)ccc1Br. The van der Waals surface area contributed by atoms with Crippen molar-refractivity contribution in [2.24, 2.45) is 0 Å². The first kappa shape index (κ1) is 14.8. The molecule has 2 aromatic rings. The molecule has 1 nitrogen and oxygen atoms in total. The molecule has 0 aliphatic carbocycles. The lowest BCUT2D eigenvalue weighted by Crippen LogP contribution is -2.18. The van der Waals surface area contributed by atoms with E-state index in [0.29, 0.717) is 6.04 Å². The highest BCUT2D eigenvalue weighted by atomic mass is 79.9. The average Bonchev–Trinajstić information content (AvgIpc) is 2.40. The van der Waals surface area contributed by atoms with Crippen LogP contribution in [0.2, 0.25) is 0 Å². The minimum absolute atomic E-state index is 0.344. The first-order valence-corrected chi connectivity index (χ1v) is 7.89. The highest BCUT2D eigenvalue weighted by Gasteiger charge is 2.05. The van der Waals surface area contributed by atoms with Gasteiger partial charge in [-0.25, -0.2) is 0 Å². The Morgan fingerprint density at radius 2 is 1.74 bits per heavy atom. The fourth-order valence-corrected chi connectivity index (χ4v) is 2.47. The maximum atomic E-state index is 3.55. The van der Waals surface area contributed by atoms with E-state index in [1.54, 1.807) is 0 Å². The summed E-state index contributed by atoms with van der Waals surface area (Å²) in [6.07, 6.45) is 0. The fraction of sp³-hybridized carbons (Fsp3) is 0.250. The second kappa shape index (κ2) is 6.69. The molecule has 0 fully saturated rings. The van der Waals surface area contributed by atoms with Crippen LogP contribution in [0, 0.1) is 6.92 Å². The number of halogens is 2. The van der Waals surface area contributed by atoms with Gasteiger partial charge in [0.25, 0.3) is 0 Å². The molecule has 2 rings (SSSR count). The summed E-state index contributed by atoms with van der Waals surface area (Å²) in [4.78, 5) is 0. The Kier molecular flexibility index (Phi) is 5.20. The van der Waals surface area contributed by atoms with Gasteiger partial charge in [0.15, 0.2) is 0 Å². The molecule has 1 N–H and O–H groups in total. The van der Waals surface area contributed by atoms with Gasteiger partial charge in [0.2, 0.25) is 0 Å². The Hall–Kier alpha value is -0.640. The summed E-state index contributed by atoms with van der Waals surface area (Å²) in [6.45, 7) is 5.19. The zero-order valence-electron chi connectivity index (χ0n) is 11.1. The summed E-state index contributed by atoms with van der Waals surface area (Å²) >= 11 is 6.99. The third-order valence-electron chi connectivity index (χ3n) is 3.20. The van der Waals surface area contributed by atoms with Crippen molar-refractivity contribution in [3.8, 4) is 0 Å². The number of rotatable bonds is 4. The number of hydrogen-bond donors (Lipinski definition) is 1. The van der Waals surface area contributed by atoms with E-state index < -0.39 is 0 Å². The van der Waals surface area contributed by atoms with Crippen molar-refractivity contribution in [3.63, 3.8) is 0 Å². The van der Waals surface area contributed by atoms with E-state index in [9.17, 15) is 0 Å². The molecule has 19 heavy (non-hydrogen) atoms. The van der Waals surface area contributed by atoms with Gasteiger partial charge in [-0.15, -0.1) is 0 Å². The molecule has 0 aliphatic heterocycles. The van der Waals surface area contributed by atoms with Gasteiger partial charge in [-0.05, 0) is 48.7 Å². The number of benzene rings is 2. The molecule has 0 bridgehead atoms. The van der Waals surface area contributed by atoms with Crippen LogP contribution in [0.3, 0.4) is 0 Å². The highest BCUT2D eigenvalue weighted by molar-refractivity contribution is 9.10. The van der Waals surface area contributed by atoms with Gasteiger partial charge in [0.05, 0.1) is 0 Å². The molecular weight excluding hydrogens is 366 g/mol. The van der Waals surface area contributed by atoms with Crippen LogP contribution in [0.4, 0.5) is 0 Å². The van der Waals surface area contributed by atoms with Crippen molar-refractivity contribution in [1.82, 2.24) is 5.32 Å². The number of aryl methyl sites for hydroxylation is 1. The van der Waals surface area contributed by atoms with E-state index in [-0.39, 0.29) is 0 Å². The summed E-state index contributed by atoms with van der Waals surface area (Å²) in [5.41, 5.74) is 3.89. The molecule has 0 radical (unpaired) electrons. The summed E-state index contributed by atoms with van der Waals surface area (Å²) < 4.78 is 2.28. The van der Waals surface area contributed by atoms with Crippen LogP contribution in [0.15, 0.2) is 51.4 Å². The van der Waals surface area contributed by atoms with Gasteiger partial charge in [-0.2, -0.15) is 0 Å². The maximum absolute atomic E-state index is 3.55. The molecule has 0 spiro atoms. The van der Waals surface area contributed by atoms with E-state index in [4.69, 9.17) is 0 Å². The van der Waals surface area contributed by atoms with Crippen LogP contribution < -0.4 is 5.32 Å². The third-order valence-corrected chi connectivity index (χ3v) is 4.62. The van der Waals surface area contributed by atoms with Gasteiger partial charge in [0, 0.05) is 21.5 Å². The van der Waals surface area contributed by atoms with E-state index in [1.807, 2.05) is 0 Å². The summed E-state index contributed by atoms with van der Waals surface area (Å²) in [7, 11) is 0. The van der Waals surface area contributed by atoms with Crippen molar-refractivity contribution in [1.29, 1.82) is 0 Å². The summed E-state index contributed by atoms with van der Waals surface area (Å²) in [5, 5.41) is 3.55. The normalized spacial score (nSPS) is 12.4. The Bertz CT molecular complexity index is 549. The average molecular weight is 383 g/mol. The molecule has 3 heteroatoms. The van der Waals surface area contributed by atoms with Crippen LogP contribution in [0.25, 0.3) is 0 Å². The Balaban J connectivity index is 1.98. The van der Waals surface area contributed by atoms with Crippen LogP contribution in [0.5, 0.6) is 0 Å². The van der Waals surface area contributed by atoms with Gasteiger partial charge < -0.3 is 5.32 Å². The smallest absolute Gasteiger partial charge is 0.0294 e. The molecule has 0 heterocycles. The predicted octanol–water partition coefficient (Wildman–Crippen LogP) is 5.37. The van der Waals surface area contributed by atoms with Gasteiger partial charge in [0.1, 0.15) is 0 Å². The summed E-state index contributed by atoms with van der Waals surface area (Å²) in [6, 6.07) is 15.3. The largest absolute Gasteiger partial charge is 0.306 e. The van der Waals surface area contributed by atoms with Crippen LogP contribution in [-0.4, -0.2) is 0 Å². The Labute approximate surface area is 131 Å². The molecule has 0 unspecified atom stereocenters. The third kappa shape index (κ3) is 4.16. The molecule has 0 amide bonds. The van der Waals surface area contributed by atoms with Crippen molar-refractivity contribution < 1.29 is 0 Å². The molecule has 0 saturated heterocycles. The van der Waals surface area contributed by atoms with Crippen LogP contribution >= 0.6 is 31.9 Å². The minimum atomic E-state index is 0.344. The predicted molar refractivity (Wildman–Crippen MR) is 88.3 cm³/mol. The highest BCUT2D eigenvalue weighted by Crippen LogP contribution is 2.19. The molecule has 2 aromatic carbocycles. The zero-order chi connectivity index (χ0) is 13.8. The van der Waals surface area contributed by atoms with Crippen molar-refractivity contribution in [2.75, 3.05) is 0 Å². The molecule has 0 aliphatic rings. The quantitative estimate of drug-likeness (QED) is 0.749. The van der Waals surface area contributed by atoms with Gasteiger partial charge in [-0.3, -0.25) is 0 Å². The van der Waals surface area contributed by atoms with E-state index in [1.165, 1.54) is 16.7 Å². The molecule has 1 atom stereocenters. The first-order valence-electron chi connectivity index (χ1n) is 6.30. The fourth-order valence-electron chi connectivity index (χ4n) is 1.96. The standard InChI is InChI=1S/C16H17Br2N/c1-11-9-13(3-8-16(11)18)10-19-12(2)14-4-6-15(17)7-5-14/h3-9,12,19H,10H2,1-2H3/t12-/m1/s1. The topological polar surface area (TPSA) is 12.0 Å². The van der Waals surface area contributed by atoms with E-state index in [2.05, 4.69) is 93.5 Å². The van der Waals surface area contributed by atoms with Crippen molar-refractivity contribution >= 4 is 31.9 Å². The summed E-state index contributed by atoms with van der Waals surface area (Å²) in [5.74, 6) is 0. The Morgan fingerprint density at radius 1 is 1.05 bits per heavy atom.